The van der Waals surface area contributed by atoms with Crippen LogP contribution in [0.5, 0.6) is 0 Å². The number of hydrogen-bond acceptors (Lipinski definition) is 5. The summed E-state index contributed by atoms with van der Waals surface area (Å²) in [6.45, 7) is 3.48. The Balaban J connectivity index is 0.000000181. The van der Waals surface area contributed by atoms with Crippen LogP contribution in [0.15, 0.2) is 10.8 Å². The molecule has 0 aliphatic carbocycles. The van der Waals surface area contributed by atoms with Crippen LogP contribution in [0.2, 0.25) is 0 Å². The number of aliphatic carboxylic acids is 1. The van der Waals surface area contributed by atoms with Gasteiger partial charge in [-0.2, -0.15) is 0 Å². The lowest BCUT2D eigenvalue weighted by Crippen LogP contribution is -2.46. The third-order valence-electron chi connectivity index (χ3n) is 2.57. The van der Waals surface area contributed by atoms with Crippen LogP contribution in [-0.4, -0.2) is 34.5 Å². The Morgan fingerprint density at radius 2 is 2.35 bits per heavy atom. The molecule has 2 rings (SSSR count). The molecule has 0 spiro atoms. The standard InChI is InChI=1S/C7H12N2O.C4H7NO2/c1-2-3-4-5-7-6-10-9-8-7;6-4(7)3-1-5-2-3/h6H,2-5H2,1H3;3,5H,1-2H2,(H,6,7). The first kappa shape index (κ1) is 13.6. The maximum atomic E-state index is 9.94. The lowest BCUT2D eigenvalue weighted by atomic mass is 10.1. The van der Waals surface area contributed by atoms with Gasteiger partial charge in [-0.1, -0.05) is 19.8 Å². The highest BCUT2D eigenvalue weighted by Crippen LogP contribution is 2.01. The molecule has 6 nitrogen and oxygen atoms in total. The number of carboxylic acid groups (broad SMARTS) is 1. The summed E-state index contributed by atoms with van der Waals surface area (Å²) in [7, 11) is 0. The highest BCUT2D eigenvalue weighted by Gasteiger charge is 2.23. The largest absolute Gasteiger partial charge is 0.481 e. The summed E-state index contributed by atoms with van der Waals surface area (Å²) in [6, 6.07) is 0. The Kier molecular flexibility index (Phi) is 6.24. The van der Waals surface area contributed by atoms with Crippen molar-refractivity contribution in [2.24, 2.45) is 5.92 Å². The maximum absolute atomic E-state index is 9.94. The van der Waals surface area contributed by atoms with Crippen molar-refractivity contribution in [3.63, 3.8) is 0 Å². The molecule has 0 bridgehead atoms. The van der Waals surface area contributed by atoms with Gasteiger partial charge in [0.1, 0.15) is 12.0 Å². The molecule has 1 aromatic rings. The monoisotopic (exact) mass is 241 g/mol. The molecule has 0 atom stereocenters. The smallest absolute Gasteiger partial charge is 0.309 e. The van der Waals surface area contributed by atoms with Crippen molar-refractivity contribution in [1.29, 1.82) is 0 Å². The van der Waals surface area contributed by atoms with E-state index < -0.39 is 5.97 Å². The zero-order valence-electron chi connectivity index (χ0n) is 10.1. The fraction of sp³-hybridized carbons (Fsp3) is 0.727. The van der Waals surface area contributed by atoms with Crippen LogP contribution < -0.4 is 5.32 Å². The van der Waals surface area contributed by atoms with Gasteiger partial charge in [0.05, 0.1) is 5.92 Å². The van der Waals surface area contributed by atoms with Gasteiger partial charge in [0.15, 0.2) is 0 Å². The number of nitrogens with one attached hydrogen (secondary N) is 1. The highest BCUT2D eigenvalue weighted by atomic mass is 16.5. The van der Waals surface area contributed by atoms with E-state index >= 15 is 0 Å². The molecule has 1 aliphatic rings. The second-order valence-electron chi connectivity index (χ2n) is 4.05. The molecule has 6 heteroatoms. The SMILES string of the molecule is CCCCCc1conn1.O=C(O)C1CNC1. The number of aromatic nitrogens is 2. The van der Waals surface area contributed by atoms with Crippen LogP contribution in [0.25, 0.3) is 0 Å². The number of carbonyl (C=O) groups is 1. The molecular weight excluding hydrogens is 222 g/mol. The number of hydrogen-bond donors (Lipinski definition) is 2. The second-order valence-corrected chi connectivity index (χ2v) is 4.05. The van der Waals surface area contributed by atoms with Gasteiger partial charge in [0.25, 0.3) is 0 Å². The van der Waals surface area contributed by atoms with Gasteiger partial charge in [-0.3, -0.25) is 4.79 Å². The molecule has 1 saturated heterocycles. The van der Waals surface area contributed by atoms with Gasteiger partial charge in [-0.05, 0) is 12.8 Å². The minimum absolute atomic E-state index is 0.111. The molecule has 17 heavy (non-hydrogen) atoms. The van der Waals surface area contributed by atoms with Crippen molar-refractivity contribution >= 4 is 5.97 Å². The first-order valence-corrected chi connectivity index (χ1v) is 5.93. The van der Waals surface area contributed by atoms with Crippen molar-refractivity contribution < 1.29 is 14.4 Å². The molecule has 0 amide bonds. The van der Waals surface area contributed by atoms with E-state index in [1.807, 2.05) is 0 Å². The summed E-state index contributed by atoms with van der Waals surface area (Å²) >= 11 is 0. The van der Waals surface area contributed by atoms with E-state index in [0.29, 0.717) is 13.1 Å². The Morgan fingerprint density at radius 1 is 1.59 bits per heavy atom. The van der Waals surface area contributed by atoms with Crippen molar-refractivity contribution in [1.82, 2.24) is 15.7 Å². The minimum Gasteiger partial charge on any atom is -0.481 e. The molecule has 96 valence electrons. The van der Waals surface area contributed by atoms with Gasteiger partial charge < -0.3 is 14.9 Å². The van der Waals surface area contributed by atoms with E-state index in [-0.39, 0.29) is 5.92 Å². The van der Waals surface area contributed by atoms with Crippen LogP contribution in [0.1, 0.15) is 31.9 Å². The minimum atomic E-state index is -0.682. The van der Waals surface area contributed by atoms with Crippen molar-refractivity contribution in [3.8, 4) is 0 Å². The molecule has 1 aliphatic heterocycles. The Hall–Kier alpha value is -1.43. The fourth-order valence-corrected chi connectivity index (χ4v) is 1.31. The van der Waals surface area contributed by atoms with E-state index in [0.717, 1.165) is 12.1 Å². The molecule has 0 saturated carbocycles. The molecule has 1 aromatic heterocycles. The summed E-state index contributed by atoms with van der Waals surface area (Å²) < 4.78 is 4.58. The van der Waals surface area contributed by atoms with E-state index in [1.54, 1.807) is 6.26 Å². The first-order chi connectivity index (χ1) is 8.24. The molecule has 0 unspecified atom stereocenters. The van der Waals surface area contributed by atoms with Gasteiger partial charge in [0, 0.05) is 18.4 Å². The summed E-state index contributed by atoms with van der Waals surface area (Å²) in [5.41, 5.74) is 0.966. The lowest BCUT2D eigenvalue weighted by molar-refractivity contribution is -0.143. The van der Waals surface area contributed by atoms with Crippen LogP contribution in [0.4, 0.5) is 0 Å². The Bertz CT molecular complexity index is 310. The summed E-state index contributed by atoms with van der Waals surface area (Å²) in [4.78, 5) is 9.94. The maximum Gasteiger partial charge on any atom is 0.309 e. The summed E-state index contributed by atoms with van der Waals surface area (Å²) in [6.07, 6.45) is 6.29. The Labute approximate surface area is 100 Å². The number of nitrogens with zero attached hydrogens (tertiary/aromatic N) is 2. The molecule has 1 fully saturated rings. The van der Waals surface area contributed by atoms with Gasteiger partial charge in [0.2, 0.25) is 0 Å². The Morgan fingerprint density at radius 3 is 2.71 bits per heavy atom. The van der Waals surface area contributed by atoms with Gasteiger partial charge in [-0.15, -0.1) is 5.10 Å². The molecule has 0 radical (unpaired) electrons. The zero-order valence-corrected chi connectivity index (χ0v) is 10.1. The van der Waals surface area contributed by atoms with Crippen LogP contribution in [0, 0.1) is 5.92 Å². The highest BCUT2D eigenvalue weighted by molar-refractivity contribution is 5.71. The normalized spacial score (nSPS) is 14.6. The third-order valence-corrected chi connectivity index (χ3v) is 2.57. The third kappa shape index (κ3) is 5.44. The average Bonchev–Trinajstić information content (AvgIpc) is 2.68. The first-order valence-electron chi connectivity index (χ1n) is 5.93. The zero-order chi connectivity index (χ0) is 12.5. The van der Waals surface area contributed by atoms with Crippen LogP contribution in [-0.2, 0) is 11.2 Å². The van der Waals surface area contributed by atoms with E-state index in [4.69, 9.17) is 5.11 Å². The predicted molar refractivity (Wildman–Crippen MR) is 61.5 cm³/mol. The summed E-state index contributed by atoms with van der Waals surface area (Å²) in [5.74, 6) is -0.793. The number of unbranched alkanes of at least 4 members (excludes halogenated alkanes) is 2. The number of carboxylic acids is 1. The fourth-order valence-electron chi connectivity index (χ4n) is 1.31. The van der Waals surface area contributed by atoms with Gasteiger partial charge in [-0.25, -0.2) is 0 Å². The lowest BCUT2D eigenvalue weighted by Gasteiger charge is -2.21. The van der Waals surface area contributed by atoms with E-state index in [9.17, 15) is 4.79 Å². The quantitative estimate of drug-likeness (QED) is 0.750. The summed E-state index contributed by atoms with van der Waals surface area (Å²) in [5, 5.41) is 18.2. The number of rotatable bonds is 5. The average molecular weight is 241 g/mol. The van der Waals surface area contributed by atoms with Gasteiger partial charge >= 0.3 is 5.97 Å². The second kappa shape index (κ2) is 7.78. The molecule has 0 aromatic carbocycles. The number of aryl methyl sites for hydroxylation is 1. The van der Waals surface area contributed by atoms with Crippen molar-refractivity contribution in [2.45, 2.75) is 32.6 Å². The molecule has 2 N–H and O–H groups in total. The van der Waals surface area contributed by atoms with E-state index in [1.165, 1.54) is 19.3 Å². The van der Waals surface area contributed by atoms with Crippen molar-refractivity contribution in [2.75, 3.05) is 13.1 Å². The van der Waals surface area contributed by atoms with Crippen LogP contribution >= 0.6 is 0 Å². The molecular formula is C11H19N3O3. The predicted octanol–water partition coefficient (Wildman–Crippen LogP) is 1.09. The topological polar surface area (TPSA) is 88.2 Å². The van der Waals surface area contributed by atoms with Crippen molar-refractivity contribution in [3.05, 3.63) is 12.0 Å². The van der Waals surface area contributed by atoms with Crippen LogP contribution in [0.3, 0.4) is 0 Å². The molecule has 2 heterocycles. The van der Waals surface area contributed by atoms with E-state index in [2.05, 4.69) is 27.1 Å².